The lowest BCUT2D eigenvalue weighted by Gasteiger charge is -2.17. The zero-order chi connectivity index (χ0) is 20.8. The van der Waals surface area contributed by atoms with E-state index in [0.717, 1.165) is 48.3 Å². The number of carbonyl (C=O) groups is 2. The van der Waals surface area contributed by atoms with Crippen molar-refractivity contribution in [1.82, 2.24) is 10.5 Å². The second kappa shape index (κ2) is 9.58. The van der Waals surface area contributed by atoms with Crippen molar-refractivity contribution in [1.29, 1.82) is 0 Å². The first-order valence-electron chi connectivity index (χ1n) is 10.1. The quantitative estimate of drug-likeness (QED) is 0.683. The number of hydrogen-bond acceptors (Lipinski definition) is 6. The highest BCUT2D eigenvalue weighted by atomic mass is 16.5. The summed E-state index contributed by atoms with van der Waals surface area (Å²) in [6.45, 7) is 5.70. The largest absolute Gasteiger partial charge is 0.489 e. The molecule has 2 aromatic rings. The van der Waals surface area contributed by atoms with Gasteiger partial charge < -0.3 is 19.3 Å². The maximum atomic E-state index is 12.2. The van der Waals surface area contributed by atoms with Crippen LogP contribution in [0.5, 0.6) is 5.75 Å². The Morgan fingerprint density at radius 2 is 1.90 bits per heavy atom. The smallest absolute Gasteiger partial charge is 0.311 e. The number of rotatable bonds is 8. The molecule has 7 nitrogen and oxygen atoms in total. The molecule has 1 aliphatic rings. The molecule has 0 bridgehead atoms. The summed E-state index contributed by atoms with van der Waals surface area (Å²) >= 11 is 0. The van der Waals surface area contributed by atoms with Crippen molar-refractivity contribution < 1.29 is 23.6 Å². The number of esters is 1. The van der Waals surface area contributed by atoms with Gasteiger partial charge in [-0.2, -0.15) is 0 Å². The third-order valence-electron chi connectivity index (χ3n) is 5.22. The number of carbonyl (C=O) groups excluding carboxylic acids is 2. The molecule has 1 heterocycles. The van der Waals surface area contributed by atoms with E-state index in [1.54, 1.807) is 19.1 Å². The normalized spacial score (nSPS) is 15.1. The lowest BCUT2D eigenvalue weighted by Crippen LogP contribution is -2.41. The van der Waals surface area contributed by atoms with Crippen LogP contribution in [0.25, 0.3) is 0 Å². The molecule has 0 radical (unpaired) electrons. The molecule has 1 fully saturated rings. The molecular weight excluding hydrogens is 372 g/mol. The van der Waals surface area contributed by atoms with Crippen LogP contribution in [0.2, 0.25) is 0 Å². The van der Waals surface area contributed by atoms with Gasteiger partial charge in [-0.15, -0.1) is 0 Å². The van der Waals surface area contributed by atoms with Crippen molar-refractivity contribution in [2.24, 2.45) is 0 Å². The van der Waals surface area contributed by atoms with Crippen molar-refractivity contribution in [3.05, 3.63) is 46.8 Å². The van der Waals surface area contributed by atoms with Gasteiger partial charge in [0.15, 0.2) is 6.10 Å². The van der Waals surface area contributed by atoms with E-state index >= 15 is 0 Å². The van der Waals surface area contributed by atoms with Crippen molar-refractivity contribution >= 4 is 11.9 Å². The summed E-state index contributed by atoms with van der Waals surface area (Å²) < 4.78 is 16.2. The van der Waals surface area contributed by atoms with Crippen LogP contribution in [0.3, 0.4) is 0 Å². The molecule has 1 aliphatic carbocycles. The van der Waals surface area contributed by atoms with E-state index in [2.05, 4.69) is 10.5 Å². The fourth-order valence-electron chi connectivity index (χ4n) is 3.41. The van der Waals surface area contributed by atoms with Crippen molar-refractivity contribution in [3.8, 4) is 5.75 Å². The van der Waals surface area contributed by atoms with Crippen LogP contribution in [-0.2, 0) is 27.4 Å². The van der Waals surface area contributed by atoms with E-state index in [1.807, 2.05) is 26.0 Å². The van der Waals surface area contributed by atoms with E-state index in [4.69, 9.17) is 14.0 Å². The Kier molecular flexibility index (Phi) is 6.90. The number of amides is 1. The number of benzene rings is 1. The van der Waals surface area contributed by atoms with Gasteiger partial charge in [0, 0.05) is 6.04 Å². The van der Waals surface area contributed by atoms with Crippen LogP contribution < -0.4 is 10.1 Å². The van der Waals surface area contributed by atoms with Gasteiger partial charge in [-0.25, -0.2) is 0 Å². The molecule has 3 rings (SSSR count). The number of nitrogens with one attached hydrogen (secondary N) is 1. The third-order valence-corrected chi connectivity index (χ3v) is 5.22. The number of hydrogen-bond donors (Lipinski definition) is 1. The Morgan fingerprint density at radius 3 is 2.52 bits per heavy atom. The highest BCUT2D eigenvalue weighted by Crippen LogP contribution is 2.19. The lowest BCUT2D eigenvalue weighted by molar-refractivity contribution is -0.154. The highest BCUT2D eigenvalue weighted by Gasteiger charge is 2.23. The first-order valence-corrected chi connectivity index (χ1v) is 10.1. The summed E-state index contributed by atoms with van der Waals surface area (Å²) in [5.74, 6) is 0.774. The third kappa shape index (κ3) is 5.82. The molecule has 1 aromatic heterocycles. The zero-order valence-corrected chi connectivity index (χ0v) is 17.2. The molecule has 0 aliphatic heterocycles. The molecule has 7 heteroatoms. The predicted molar refractivity (Wildman–Crippen MR) is 106 cm³/mol. The highest BCUT2D eigenvalue weighted by molar-refractivity contribution is 5.84. The molecule has 0 spiro atoms. The van der Waals surface area contributed by atoms with E-state index in [9.17, 15) is 9.59 Å². The van der Waals surface area contributed by atoms with Crippen LogP contribution in [0.1, 0.15) is 55.2 Å². The SMILES string of the molecule is Cc1noc(C)c1COc1ccc(CC(=O)O[C@@H](C)C(=O)NC2CCCC2)cc1. The minimum Gasteiger partial charge on any atom is -0.489 e. The molecule has 0 saturated heterocycles. The Bertz CT molecular complexity index is 818. The van der Waals surface area contributed by atoms with E-state index in [1.165, 1.54) is 0 Å². The summed E-state index contributed by atoms with van der Waals surface area (Å²) in [5, 5.41) is 6.85. The second-order valence-corrected chi connectivity index (χ2v) is 7.53. The van der Waals surface area contributed by atoms with Gasteiger partial charge in [-0.1, -0.05) is 30.1 Å². The fourth-order valence-corrected chi connectivity index (χ4v) is 3.41. The van der Waals surface area contributed by atoms with Gasteiger partial charge in [0.1, 0.15) is 18.1 Å². The van der Waals surface area contributed by atoms with Gasteiger partial charge in [-0.05, 0) is 51.3 Å². The van der Waals surface area contributed by atoms with Crippen LogP contribution in [-0.4, -0.2) is 29.2 Å². The van der Waals surface area contributed by atoms with Gasteiger partial charge in [0.25, 0.3) is 5.91 Å². The van der Waals surface area contributed by atoms with Crippen molar-refractivity contribution in [3.63, 3.8) is 0 Å². The number of nitrogens with zero attached hydrogens (tertiary/aromatic N) is 1. The average molecular weight is 400 g/mol. The maximum Gasteiger partial charge on any atom is 0.311 e. The van der Waals surface area contributed by atoms with Crippen molar-refractivity contribution in [2.75, 3.05) is 0 Å². The topological polar surface area (TPSA) is 90.7 Å². The standard InChI is InChI=1S/C22H28N2O5/c1-14-20(15(2)29-24-14)13-27-19-10-8-17(9-11-19)12-21(25)28-16(3)22(26)23-18-6-4-5-7-18/h8-11,16,18H,4-7,12-13H2,1-3H3,(H,23,26)/t16-/m0/s1. The molecule has 0 unspecified atom stereocenters. The zero-order valence-electron chi connectivity index (χ0n) is 17.2. The van der Waals surface area contributed by atoms with Gasteiger partial charge in [0.05, 0.1) is 17.7 Å². The number of aromatic nitrogens is 1. The summed E-state index contributed by atoms with van der Waals surface area (Å²) in [6, 6.07) is 7.44. The number of ether oxygens (including phenoxy) is 2. The second-order valence-electron chi connectivity index (χ2n) is 7.53. The molecule has 1 aromatic carbocycles. The molecule has 1 atom stereocenters. The number of aryl methyl sites for hydroxylation is 2. The van der Waals surface area contributed by atoms with Crippen molar-refractivity contribution in [2.45, 2.75) is 71.6 Å². The minimum atomic E-state index is -0.791. The van der Waals surface area contributed by atoms with Gasteiger partial charge in [-0.3, -0.25) is 9.59 Å². The Hall–Kier alpha value is -2.83. The minimum absolute atomic E-state index is 0.102. The maximum absolute atomic E-state index is 12.2. The Labute approximate surface area is 170 Å². The molecule has 1 N–H and O–H groups in total. The fraction of sp³-hybridized carbons (Fsp3) is 0.500. The van der Waals surface area contributed by atoms with Crippen LogP contribution in [0, 0.1) is 13.8 Å². The molecule has 1 amide bonds. The predicted octanol–water partition coefficient (Wildman–Crippen LogP) is 3.40. The van der Waals surface area contributed by atoms with Crippen LogP contribution >= 0.6 is 0 Å². The summed E-state index contributed by atoms with van der Waals surface area (Å²) in [4.78, 5) is 24.3. The Morgan fingerprint density at radius 1 is 1.21 bits per heavy atom. The molecule has 156 valence electrons. The summed E-state index contributed by atoms with van der Waals surface area (Å²) in [5.41, 5.74) is 2.54. The van der Waals surface area contributed by atoms with Crippen LogP contribution in [0.4, 0.5) is 0 Å². The van der Waals surface area contributed by atoms with E-state index in [-0.39, 0.29) is 18.4 Å². The first-order chi connectivity index (χ1) is 13.9. The van der Waals surface area contributed by atoms with Crippen LogP contribution in [0.15, 0.2) is 28.8 Å². The summed E-state index contributed by atoms with van der Waals surface area (Å²) in [6.07, 6.45) is 3.58. The Balaban J connectivity index is 1.44. The van der Waals surface area contributed by atoms with Gasteiger partial charge >= 0.3 is 5.97 Å². The molecular formula is C22H28N2O5. The first kappa shape index (κ1) is 20.9. The average Bonchev–Trinajstić information content (AvgIpc) is 3.31. The lowest BCUT2D eigenvalue weighted by atomic mass is 10.1. The summed E-state index contributed by atoms with van der Waals surface area (Å²) in [7, 11) is 0. The monoisotopic (exact) mass is 400 g/mol. The molecule has 29 heavy (non-hydrogen) atoms. The van der Waals surface area contributed by atoms with Gasteiger partial charge in [0.2, 0.25) is 0 Å². The van der Waals surface area contributed by atoms with E-state index in [0.29, 0.717) is 12.4 Å². The molecule has 1 saturated carbocycles. The van der Waals surface area contributed by atoms with E-state index < -0.39 is 12.1 Å².